The number of aliphatic hydroxyl groups excluding tert-OH is 1. The predicted molar refractivity (Wildman–Crippen MR) is 653 cm³/mol. The predicted octanol–water partition coefficient (Wildman–Crippen LogP) is 22.3. The van der Waals surface area contributed by atoms with Crippen LogP contribution in [0.25, 0.3) is 0 Å². The zero-order valence-electron chi connectivity index (χ0n) is 93.9. The van der Waals surface area contributed by atoms with Crippen LogP contribution in [0, 0.1) is 0 Å². The molecular formula is C89H228O35Si22. The van der Waals surface area contributed by atoms with Crippen LogP contribution < -0.4 is 0 Å². The van der Waals surface area contributed by atoms with Gasteiger partial charge in [-0.05, 0) is 246 Å². The molecule has 0 aromatic rings. The van der Waals surface area contributed by atoms with Crippen molar-refractivity contribution < 1.29 is 154 Å². The molecule has 1 N–H and O–H groups in total. The molecule has 5 fully saturated rings. The second-order valence-electron chi connectivity index (χ2n) is 42.7. The lowest BCUT2D eigenvalue weighted by Crippen LogP contribution is -2.61. The summed E-state index contributed by atoms with van der Waals surface area (Å²) in [5.41, 5.74) is 9.79. The first kappa shape index (κ1) is 163. The molecule has 5 saturated heterocycles. The van der Waals surface area contributed by atoms with Crippen LogP contribution in [0.2, 0.25) is 257 Å². The Hall–Kier alpha value is 2.07. The summed E-state index contributed by atoms with van der Waals surface area (Å²) < 4.78 is 203. The van der Waals surface area contributed by atoms with Crippen molar-refractivity contribution in [1.82, 2.24) is 0 Å². The molecule has 10 atom stereocenters. The van der Waals surface area contributed by atoms with E-state index in [1.54, 1.807) is 81.9 Å². The first-order valence-corrected chi connectivity index (χ1v) is 107. The van der Waals surface area contributed by atoms with E-state index in [-0.39, 0.29) is 89.3 Å². The lowest BCUT2D eigenvalue weighted by atomic mass is 10.5. The number of rotatable bonds is 74. The van der Waals surface area contributed by atoms with Crippen molar-refractivity contribution in [2.24, 2.45) is 0 Å². The van der Waals surface area contributed by atoms with E-state index in [1.165, 1.54) is 7.11 Å². The molecule has 5 rings (SSSR count). The fourth-order valence-corrected chi connectivity index (χ4v) is 100. The Labute approximate surface area is 918 Å². The lowest BCUT2D eigenvalue weighted by molar-refractivity contribution is 0.0725. The van der Waals surface area contributed by atoms with Crippen LogP contribution in [0.4, 0.5) is 0 Å². The van der Waals surface area contributed by atoms with Crippen molar-refractivity contribution in [2.45, 2.75) is 360 Å². The fraction of sp³-hybridized carbons (Fsp3) is 0.888. The SMILES string of the molecule is C.C.C.C.C.C.C.C.C=C[Si](C)(C)CC[Si](C)(C)O[Si](OC)(OC)O[Si](C)(C)CCOCC1CO1.C=C[Si](C)(O[Si](C)(C)OC)O[Si](C)(C)O[Si](C)(C=C)O[Si](C)(CO)OC.C=C[Si](C)(O[Si](C)(C)O[Si](C)(C=C)O[Si](C)(C)C1CO1)O[Si](C)(C)C1CO1.CCO[Si](C)(CC[Si](C)(C)O[Si](OC)(OC)O[Si](C)(C)CCOCC1CO1)OCC.CO[Si](C)(CC[Si](C)(C)O[Si](C)(C)O[Si](CCOCC1CO1)(OC)OC)OC. The summed E-state index contributed by atoms with van der Waals surface area (Å²) in [6, 6.07) is 8.13. The van der Waals surface area contributed by atoms with Gasteiger partial charge in [-0.1, -0.05) is 101 Å². The largest absolute Gasteiger partial charge is 0.657 e. The number of aliphatic hydroxyl groups is 1. The molecule has 57 heteroatoms. The summed E-state index contributed by atoms with van der Waals surface area (Å²) >= 11 is 0. The summed E-state index contributed by atoms with van der Waals surface area (Å²) in [4.78, 5) is 0. The molecule has 0 amide bonds. The molecule has 0 radical (unpaired) electrons. The van der Waals surface area contributed by atoms with Gasteiger partial charge in [-0.25, -0.2) is 0 Å². The molecule has 0 spiro atoms. The van der Waals surface area contributed by atoms with E-state index in [2.05, 4.69) is 170 Å². The van der Waals surface area contributed by atoms with Crippen LogP contribution in [0.15, 0.2) is 61.4 Å². The van der Waals surface area contributed by atoms with Gasteiger partial charge in [0.2, 0.25) is 16.6 Å². The van der Waals surface area contributed by atoms with Gasteiger partial charge in [0.25, 0.3) is 0 Å². The van der Waals surface area contributed by atoms with Gasteiger partial charge in [0.1, 0.15) is 18.3 Å². The Morgan fingerprint density at radius 2 is 0.521 bits per heavy atom. The maximum absolute atomic E-state index is 9.61. The minimum atomic E-state index is -3.24. The molecule has 0 aliphatic carbocycles. The smallest absolute Gasteiger partial charge is 0.436 e. The third-order valence-electron chi connectivity index (χ3n) is 23.1. The Bertz CT molecular complexity index is 3440. The molecule has 35 nitrogen and oxygen atoms in total. The van der Waals surface area contributed by atoms with Crippen molar-refractivity contribution in [3.05, 3.63) is 61.4 Å². The number of ether oxygens (including phenoxy) is 8. The minimum absolute atomic E-state index is 0. The average molecular weight is 2480 g/mol. The molecule has 5 aliphatic rings. The Balaban J connectivity index is -0.000000268. The molecular weight excluding hydrogens is 2250 g/mol. The third-order valence-corrected chi connectivity index (χ3v) is 102. The van der Waals surface area contributed by atoms with Crippen molar-refractivity contribution in [3.63, 3.8) is 0 Å². The van der Waals surface area contributed by atoms with Crippen LogP contribution in [-0.2, 0) is 149 Å². The summed E-state index contributed by atoms with van der Waals surface area (Å²) in [7, 11) is -36.2. The molecule has 0 saturated carbocycles. The van der Waals surface area contributed by atoms with Crippen LogP contribution in [0.5, 0.6) is 0 Å². The summed E-state index contributed by atoms with van der Waals surface area (Å²) in [5, 5.41) is 9.61. The van der Waals surface area contributed by atoms with Crippen molar-refractivity contribution in [3.8, 4) is 0 Å². The maximum Gasteiger partial charge on any atom is 0.657 e. The van der Waals surface area contributed by atoms with Gasteiger partial charge in [-0.15, -0.1) is 38.6 Å². The Kier molecular flexibility index (Phi) is 78.8. The van der Waals surface area contributed by atoms with Gasteiger partial charge >= 0.3 is 121 Å². The van der Waals surface area contributed by atoms with Gasteiger partial charge in [0.05, 0.1) is 85.2 Å². The molecule has 5 aliphatic heterocycles. The lowest BCUT2D eigenvalue weighted by Gasteiger charge is -2.42. The van der Waals surface area contributed by atoms with Crippen molar-refractivity contribution in [2.75, 3.05) is 163 Å². The Morgan fingerprint density at radius 3 is 0.774 bits per heavy atom. The van der Waals surface area contributed by atoms with Crippen LogP contribution in [0.1, 0.15) is 73.3 Å². The summed E-state index contributed by atoms with van der Waals surface area (Å²) in [5.74, 6) is 0. The highest BCUT2D eigenvalue weighted by molar-refractivity contribution is 6.96. The van der Waals surface area contributed by atoms with Crippen LogP contribution in [-0.4, -0.2) is 385 Å². The second kappa shape index (κ2) is 70.4. The molecule has 0 aromatic heterocycles. The van der Waals surface area contributed by atoms with Gasteiger partial charge in [-0.2, -0.15) is 0 Å². The van der Waals surface area contributed by atoms with Crippen molar-refractivity contribution >= 4 is 187 Å². The van der Waals surface area contributed by atoms with Gasteiger partial charge < -0.3 is 154 Å². The second-order valence-corrected chi connectivity index (χ2v) is 124. The quantitative estimate of drug-likeness (QED) is 0.0336. The zero-order valence-corrected chi connectivity index (χ0v) is 116. The minimum Gasteiger partial charge on any atom is -0.436 e. The molecule has 0 bridgehead atoms. The summed E-state index contributed by atoms with van der Waals surface area (Å²) in [6.45, 7) is 98.0. The molecule has 146 heavy (non-hydrogen) atoms. The van der Waals surface area contributed by atoms with Crippen LogP contribution >= 0.6 is 0 Å². The van der Waals surface area contributed by atoms with Crippen molar-refractivity contribution in [1.29, 1.82) is 0 Å². The molecule has 10 unspecified atom stereocenters. The fourth-order valence-electron chi connectivity index (χ4n) is 14.1. The highest BCUT2D eigenvalue weighted by atomic mass is 28.5. The first-order valence-electron chi connectivity index (χ1n) is 48.3. The van der Waals surface area contributed by atoms with Gasteiger partial charge in [0, 0.05) is 104 Å². The van der Waals surface area contributed by atoms with E-state index in [9.17, 15) is 5.11 Å². The molecule has 882 valence electrons. The third kappa shape index (κ3) is 67.1. The van der Waals surface area contributed by atoms with E-state index in [0.717, 1.165) is 81.4 Å². The van der Waals surface area contributed by atoms with Gasteiger partial charge in [-0.3, -0.25) is 0 Å². The van der Waals surface area contributed by atoms with Crippen LogP contribution in [0.3, 0.4) is 0 Å². The van der Waals surface area contributed by atoms with E-state index in [0.29, 0.717) is 65.0 Å². The molecule has 5 heterocycles. The van der Waals surface area contributed by atoms with Gasteiger partial charge in [0.15, 0.2) is 41.6 Å². The highest BCUT2D eigenvalue weighted by Crippen LogP contribution is 2.38. The van der Waals surface area contributed by atoms with E-state index < -0.39 is 187 Å². The monoisotopic (exact) mass is 2470 g/mol. The van der Waals surface area contributed by atoms with E-state index >= 15 is 0 Å². The standard InChI is InChI=1S/C18H44O8Si4.C17H40O6Si4.C16H40O8Si4.C16H36O6Si5.C14H36O7Si5.8CH4/c1-10-23-29(9,24-11-2)15-14-28(7,8)26-30(19-3,20-4)25-27(5,6)13-12-21-16-18-17-22-18;1-10-24(4,5)13-14-26(8,9)23-27(18-2,19-3)22-25(6,7)12-11-20-15-17-16-21-17;1-17-27(9,18-2)13-12-25(5,6)23-26(7,8)24-28(19-3,20-4)11-10-21-14-16-15-22-16;1-11-26(9,19-23(3,4)15-13-17-15)21-25(7,8)22-27(10,12-2)20-24(5,6)16-14-18-16;1-12-24(9,18-22(5,6)16-3)19-23(7,8)20-25(10,13-2)21-26(11,14-15)17-4;;;;;;;;/h18H,10-17H2,1-9H3;10,17H,1,11-16H2,2-9H3;16H,10-15H2,1-9H3;11-12,15-16H,1-2,13-14H2,3-10H3;12-13,15H,1-2,14H2,3-11H3;8*1H4. The maximum atomic E-state index is 9.61. The number of hydrogen-bond acceptors (Lipinski definition) is 35. The number of hydrogen-bond donors (Lipinski definition) is 1. The normalized spacial score (nSPS) is 19.3. The molecule has 0 aromatic carbocycles. The van der Waals surface area contributed by atoms with E-state index in [1.807, 2.05) is 90.7 Å². The van der Waals surface area contributed by atoms with E-state index in [4.69, 9.17) is 149 Å². The Morgan fingerprint density at radius 1 is 0.260 bits per heavy atom. The summed E-state index contributed by atoms with van der Waals surface area (Å²) in [6.07, 6.45) is 0.652. The first-order chi connectivity index (χ1) is 63.1. The highest BCUT2D eigenvalue weighted by Gasteiger charge is 2.58. The average Bonchev–Trinajstić information content (AvgIpc) is 1.68. The zero-order chi connectivity index (χ0) is 107. The topological polar surface area (TPSA) is 351 Å². The number of epoxide rings is 5.